The van der Waals surface area contributed by atoms with Gasteiger partial charge in [-0.25, -0.2) is 4.79 Å². The molecule has 0 radical (unpaired) electrons. The molecule has 0 bridgehead atoms. The largest absolute Gasteiger partial charge is 0.326 e. The van der Waals surface area contributed by atoms with Gasteiger partial charge in [0, 0.05) is 10.3 Å². The minimum Gasteiger partial charge on any atom is -0.302 e. The van der Waals surface area contributed by atoms with E-state index in [0.29, 0.717) is 0 Å². The quantitative estimate of drug-likeness (QED) is 0.450. The van der Waals surface area contributed by atoms with Crippen LogP contribution in [-0.4, -0.2) is 11.9 Å². The predicted octanol–water partition coefficient (Wildman–Crippen LogP) is 1.46. The van der Waals surface area contributed by atoms with Gasteiger partial charge in [0.1, 0.15) is 5.70 Å². The summed E-state index contributed by atoms with van der Waals surface area (Å²) in [5, 5.41) is 6.17. The number of benzene rings is 1. The van der Waals surface area contributed by atoms with Crippen LogP contribution in [-0.2, 0) is 4.79 Å². The van der Waals surface area contributed by atoms with Crippen molar-refractivity contribution in [1.29, 1.82) is 0 Å². The number of imide groups is 1. The van der Waals surface area contributed by atoms with Gasteiger partial charge < -0.3 is 5.32 Å². The molecule has 1 aromatic carbocycles. The highest BCUT2D eigenvalue weighted by molar-refractivity contribution is 8.02. The van der Waals surface area contributed by atoms with Crippen LogP contribution < -0.4 is 10.6 Å². The Morgan fingerprint density at radius 1 is 1.07 bits per heavy atom. The lowest BCUT2D eigenvalue weighted by atomic mass is 10.4. The first kappa shape index (κ1) is 9.79. The van der Waals surface area contributed by atoms with Crippen LogP contribution in [0.1, 0.15) is 0 Å². The van der Waals surface area contributed by atoms with E-state index in [4.69, 9.17) is 0 Å². The molecule has 5 heteroatoms. The fourth-order valence-corrected chi connectivity index (χ4v) is 1.82. The Morgan fingerprint density at radius 3 is 2.40 bits per heavy atom. The summed E-state index contributed by atoms with van der Waals surface area (Å²) >= 11 is 1.39. The fraction of sp³-hybridized carbons (Fsp3) is 0. The molecule has 1 heterocycles. The van der Waals surface area contributed by atoms with Crippen molar-refractivity contribution < 1.29 is 9.59 Å². The van der Waals surface area contributed by atoms with Crippen molar-refractivity contribution in [3.8, 4) is 0 Å². The van der Waals surface area contributed by atoms with E-state index in [1.807, 2.05) is 30.3 Å². The van der Waals surface area contributed by atoms with Crippen molar-refractivity contribution >= 4 is 23.7 Å². The SMILES string of the molecule is O=C1NC(=O)/C(=C\Sc2ccccc2)N1. The van der Waals surface area contributed by atoms with Crippen LogP contribution in [0.15, 0.2) is 46.3 Å². The van der Waals surface area contributed by atoms with E-state index >= 15 is 0 Å². The van der Waals surface area contributed by atoms with Crippen LogP contribution in [0.4, 0.5) is 4.79 Å². The Morgan fingerprint density at radius 2 is 1.80 bits per heavy atom. The van der Waals surface area contributed by atoms with Crippen LogP contribution in [0.2, 0.25) is 0 Å². The normalized spacial score (nSPS) is 17.7. The highest BCUT2D eigenvalue weighted by Gasteiger charge is 2.22. The molecule has 0 unspecified atom stereocenters. The average molecular weight is 220 g/mol. The van der Waals surface area contributed by atoms with Crippen molar-refractivity contribution in [2.45, 2.75) is 4.90 Å². The molecule has 0 atom stereocenters. The van der Waals surface area contributed by atoms with Gasteiger partial charge in [-0.2, -0.15) is 0 Å². The predicted molar refractivity (Wildman–Crippen MR) is 57.1 cm³/mol. The Labute approximate surface area is 90.7 Å². The minimum atomic E-state index is -0.472. The lowest BCUT2D eigenvalue weighted by Gasteiger charge is -1.95. The number of nitrogens with one attached hydrogen (secondary N) is 2. The minimum absolute atomic E-state index is 0.286. The zero-order chi connectivity index (χ0) is 10.7. The number of thioether (sulfide) groups is 1. The molecule has 76 valence electrons. The van der Waals surface area contributed by atoms with E-state index in [9.17, 15) is 9.59 Å². The first-order valence-electron chi connectivity index (χ1n) is 4.30. The third-order valence-electron chi connectivity index (χ3n) is 1.78. The van der Waals surface area contributed by atoms with Crippen LogP contribution in [0.3, 0.4) is 0 Å². The molecular weight excluding hydrogens is 212 g/mol. The van der Waals surface area contributed by atoms with Crippen molar-refractivity contribution in [2.75, 3.05) is 0 Å². The number of hydrogen-bond donors (Lipinski definition) is 2. The van der Waals surface area contributed by atoms with Crippen LogP contribution in [0.5, 0.6) is 0 Å². The molecule has 1 fully saturated rings. The number of amides is 3. The van der Waals surface area contributed by atoms with Crippen molar-refractivity contribution in [1.82, 2.24) is 10.6 Å². The molecular formula is C10H8N2O2S. The molecule has 0 aliphatic carbocycles. The zero-order valence-corrected chi connectivity index (χ0v) is 8.51. The molecule has 0 saturated carbocycles. The van der Waals surface area contributed by atoms with Gasteiger partial charge in [-0.3, -0.25) is 10.1 Å². The highest BCUT2D eigenvalue weighted by Crippen LogP contribution is 2.20. The molecule has 1 saturated heterocycles. The number of urea groups is 1. The summed E-state index contributed by atoms with van der Waals surface area (Å²) in [5.41, 5.74) is 0.286. The van der Waals surface area contributed by atoms with Gasteiger partial charge >= 0.3 is 6.03 Å². The second kappa shape index (κ2) is 4.18. The van der Waals surface area contributed by atoms with E-state index in [1.165, 1.54) is 11.8 Å². The molecule has 0 aromatic heterocycles. The summed E-state index contributed by atoms with van der Waals surface area (Å²) < 4.78 is 0. The van der Waals surface area contributed by atoms with E-state index < -0.39 is 6.03 Å². The molecule has 1 aromatic rings. The maximum Gasteiger partial charge on any atom is 0.326 e. The zero-order valence-electron chi connectivity index (χ0n) is 7.69. The third kappa shape index (κ3) is 2.38. The number of rotatable bonds is 2. The van der Waals surface area contributed by atoms with Gasteiger partial charge in [0.05, 0.1) is 0 Å². The van der Waals surface area contributed by atoms with E-state index in [2.05, 4.69) is 10.6 Å². The van der Waals surface area contributed by atoms with Crippen molar-refractivity contribution in [3.05, 3.63) is 41.4 Å². The maximum absolute atomic E-state index is 11.1. The maximum atomic E-state index is 11.1. The van der Waals surface area contributed by atoms with Gasteiger partial charge in [0.25, 0.3) is 5.91 Å². The second-order valence-electron chi connectivity index (χ2n) is 2.87. The third-order valence-corrected chi connectivity index (χ3v) is 2.67. The van der Waals surface area contributed by atoms with E-state index in [-0.39, 0.29) is 11.6 Å². The molecule has 2 N–H and O–H groups in total. The summed E-state index contributed by atoms with van der Waals surface area (Å²) in [7, 11) is 0. The molecule has 0 spiro atoms. The summed E-state index contributed by atoms with van der Waals surface area (Å²) in [6.45, 7) is 0. The van der Waals surface area contributed by atoms with E-state index in [1.54, 1.807) is 5.41 Å². The average Bonchev–Trinajstić information content (AvgIpc) is 2.56. The van der Waals surface area contributed by atoms with Gasteiger partial charge in [0.2, 0.25) is 0 Å². The topological polar surface area (TPSA) is 58.2 Å². The number of carbonyl (C=O) groups excluding carboxylic acids is 2. The summed E-state index contributed by atoms with van der Waals surface area (Å²) in [4.78, 5) is 22.9. The number of carbonyl (C=O) groups is 2. The Kier molecular flexibility index (Phi) is 2.73. The second-order valence-corrected chi connectivity index (χ2v) is 3.81. The molecule has 1 aliphatic heterocycles. The Balaban J connectivity index is 2.06. The molecule has 3 amide bonds. The van der Waals surface area contributed by atoms with Gasteiger partial charge in [-0.15, -0.1) is 0 Å². The first-order valence-corrected chi connectivity index (χ1v) is 5.18. The highest BCUT2D eigenvalue weighted by atomic mass is 32.2. The molecule has 2 rings (SSSR count). The molecule has 15 heavy (non-hydrogen) atoms. The van der Waals surface area contributed by atoms with Gasteiger partial charge in [-0.05, 0) is 12.1 Å². The number of hydrogen-bond acceptors (Lipinski definition) is 3. The first-order chi connectivity index (χ1) is 7.25. The van der Waals surface area contributed by atoms with Crippen molar-refractivity contribution in [2.24, 2.45) is 0 Å². The van der Waals surface area contributed by atoms with Crippen LogP contribution in [0.25, 0.3) is 0 Å². The van der Waals surface area contributed by atoms with E-state index in [0.717, 1.165) is 4.90 Å². The summed E-state index contributed by atoms with van der Waals surface area (Å²) in [6, 6.07) is 9.12. The molecule has 1 aliphatic rings. The van der Waals surface area contributed by atoms with Gasteiger partial charge in [0.15, 0.2) is 0 Å². The molecule has 4 nitrogen and oxygen atoms in total. The van der Waals surface area contributed by atoms with Gasteiger partial charge in [-0.1, -0.05) is 30.0 Å². The van der Waals surface area contributed by atoms with Crippen molar-refractivity contribution in [3.63, 3.8) is 0 Å². The lowest BCUT2D eigenvalue weighted by Crippen LogP contribution is -2.22. The van der Waals surface area contributed by atoms with Crippen LogP contribution >= 0.6 is 11.8 Å². The smallest absolute Gasteiger partial charge is 0.302 e. The monoisotopic (exact) mass is 220 g/mol. The summed E-state index contributed by atoms with van der Waals surface area (Å²) in [5.74, 6) is -0.386. The Hall–Kier alpha value is -1.75. The summed E-state index contributed by atoms with van der Waals surface area (Å²) in [6.07, 6.45) is 0. The van der Waals surface area contributed by atoms with Crippen LogP contribution in [0, 0.1) is 0 Å². The standard InChI is InChI=1S/C10H8N2O2S/c13-9-8(11-10(14)12-9)6-15-7-4-2-1-3-5-7/h1-6H,(H2,11,12,13,14)/b8-6+. The Bertz CT molecular complexity index is 428. The lowest BCUT2D eigenvalue weighted by molar-refractivity contribution is -0.115. The fourth-order valence-electron chi connectivity index (χ4n) is 1.09.